The van der Waals surface area contributed by atoms with Gasteiger partial charge in [-0.3, -0.25) is 9.59 Å². The van der Waals surface area contributed by atoms with Crippen molar-refractivity contribution >= 4 is 23.0 Å². The first-order valence-electron chi connectivity index (χ1n) is 10.2. The van der Waals surface area contributed by atoms with Crippen LogP contribution in [0.25, 0.3) is 5.52 Å². The van der Waals surface area contributed by atoms with Gasteiger partial charge in [0.15, 0.2) is 5.75 Å². The molecule has 8 nitrogen and oxygen atoms in total. The number of rotatable bonds is 6. The first kappa shape index (κ1) is 20.4. The molecule has 1 fully saturated rings. The van der Waals surface area contributed by atoms with E-state index < -0.39 is 0 Å². The molecule has 1 aromatic carbocycles. The van der Waals surface area contributed by atoms with E-state index in [9.17, 15) is 9.59 Å². The molecule has 0 spiro atoms. The van der Waals surface area contributed by atoms with Crippen LogP contribution >= 0.6 is 0 Å². The fourth-order valence-electron chi connectivity index (χ4n) is 3.60. The number of anilines is 1. The van der Waals surface area contributed by atoms with Gasteiger partial charge < -0.3 is 15.0 Å². The van der Waals surface area contributed by atoms with E-state index in [0.717, 1.165) is 12.0 Å². The number of carbonyl (C=O) groups excluding carboxylic acids is 2. The summed E-state index contributed by atoms with van der Waals surface area (Å²) in [7, 11) is 0. The molecule has 3 aromatic rings. The topological polar surface area (TPSA) is 99.7 Å². The Bertz CT molecular complexity index is 1170. The lowest BCUT2D eigenvalue weighted by molar-refractivity contribution is -0.116. The van der Waals surface area contributed by atoms with Gasteiger partial charge in [-0.2, -0.15) is 10.4 Å². The first-order valence-corrected chi connectivity index (χ1v) is 10.2. The van der Waals surface area contributed by atoms with Crippen LogP contribution < -0.4 is 10.1 Å². The monoisotopic (exact) mass is 417 g/mol. The zero-order chi connectivity index (χ0) is 22.0. The van der Waals surface area contributed by atoms with E-state index in [1.54, 1.807) is 52.1 Å². The molecule has 1 aliphatic rings. The highest BCUT2D eigenvalue weighted by atomic mass is 16.5. The summed E-state index contributed by atoms with van der Waals surface area (Å²) in [5.41, 5.74) is 2.75. The number of fused-ring (bicyclic) bond motifs is 1. The fourth-order valence-corrected chi connectivity index (χ4v) is 3.60. The molecule has 31 heavy (non-hydrogen) atoms. The second kappa shape index (κ2) is 8.48. The van der Waals surface area contributed by atoms with Crippen molar-refractivity contribution in [2.45, 2.75) is 26.7 Å². The van der Waals surface area contributed by atoms with Gasteiger partial charge in [-0.15, -0.1) is 0 Å². The Balaban J connectivity index is 1.55. The maximum Gasteiger partial charge on any atom is 0.255 e. The number of aryl methyl sites for hydroxylation is 1. The number of ether oxygens (including phenoxy) is 1. The van der Waals surface area contributed by atoms with Crippen LogP contribution in [0.15, 0.2) is 42.7 Å². The molecule has 1 aliphatic heterocycles. The Morgan fingerprint density at radius 3 is 2.68 bits per heavy atom. The van der Waals surface area contributed by atoms with Gasteiger partial charge in [0.25, 0.3) is 5.91 Å². The molecule has 1 saturated heterocycles. The van der Waals surface area contributed by atoms with Crippen molar-refractivity contribution in [2.24, 2.45) is 5.92 Å². The minimum atomic E-state index is -0.104. The molecule has 2 aromatic heterocycles. The van der Waals surface area contributed by atoms with Gasteiger partial charge in [-0.25, -0.2) is 4.52 Å². The molecule has 4 rings (SSSR count). The summed E-state index contributed by atoms with van der Waals surface area (Å²) in [5, 5.41) is 16.1. The molecule has 2 amide bonds. The summed E-state index contributed by atoms with van der Waals surface area (Å²) in [6.45, 7) is 4.74. The van der Waals surface area contributed by atoms with E-state index in [0.29, 0.717) is 47.8 Å². The van der Waals surface area contributed by atoms with E-state index in [4.69, 9.17) is 10.00 Å². The Labute approximate surface area is 180 Å². The van der Waals surface area contributed by atoms with Gasteiger partial charge in [0.05, 0.1) is 23.7 Å². The van der Waals surface area contributed by atoms with Crippen molar-refractivity contribution < 1.29 is 14.3 Å². The minimum absolute atomic E-state index is 0.0173. The van der Waals surface area contributed by atoms with Gasteiger partial charge in [-0.1, -0.05) is 6.92 Å². The number of nitriles is 1. The van der Waals surface area contributed by atoms with Crippen molar-refractivity contribution in [1.82, 2.24) is 14.5 Å². The number of hydrogen-bond donors (Lipinski definition) is 1. The predicted molar refractivity (Wildman–Crippen MR) is 115 cm³/mol. The lowest BCUT2D eigenvalue weighted by Crippen LogP contribution is -2.49. The minimum Gasteiger partial charge on any atom is -0.455 e. The lowest BCUT2D eigenvalue weighted by atomic mass is 10.0. The summed E-state index contributed by atoms with van der Waals surface area (Å²) in [4.78, 5) is 26.2. The number of likely N-dealkylation sites (tertiary alicyclic amines) is 1. The normalized spacial score (nSPS) is 13.5. The molecule has 1 N–H and O–H groups in total. The number of carbonyl (C=O) groups is 2. The third-order valence-corrected chi connectivity index (χ3v) is 5.31. The largest absolute Gasteiger partial charge is 0.455 e. The van der Waals surface area contributed by atoms with Gasteiger partial charge in [0.2, 0.25) is 5.91 Å². The molecule has 0 bridgehead atoms. The Morgan fingerprint density at radius 2 is 2.00 bits per heavy atom. The Hall–Kier alpha value is -3.86. The third-order valence-electron chi connectivity index (χ3n) is 5.31. The van der Waals surface area contributed by atoms with Crippen LogP contribution in [-0.4, -0.2) is 39.4 Å². The second-order valence-corrected chi connectivity index (χ2v) is 7.62. The standard InChI is InChI=1S/C23H23N5O3/c1-3-4-21(29)26-17-5-7-18(8-6-17)31-20-9-10-25-28-14-19(15(2)22(20)28)23(30)27-12-16(11-24)13-27/h5-10,14,16H,3-4,12-13H2,1-2H3,(H,26,29). The molecule has 0 radical (unpaired) electrons. The second-order valence-electron chi connectivity index (χ2n) is 7.62. The zero-order valence-corrected chi connectivity index (χ0v) is 17.5. The van der Waals surface area contributed by atoms with Crippen LogP contribution in [0.5, 0.6) is 11.5 Å². The quantitative estimate of drug-likeness (QED) is 0.658. The fraction of sp³-hybridized carbons (Fsp3) is 0.304. The van der Waals surface area contributed by atoms with Crippen LogP contribution in [0.1, 0.15) is 35.7 Å². The van der Waals surface area contributed by atoms with Crippen LogP contribution in [0.4, 0.5) is 5.69 Å². The zero-order valence-electron chi connectivity index (χ0n) is 17.5. The number of hydrogen-bond acceptors (Lipinski definition) is 5. The average molecular weight is 417 g/mol. The van der Waals surface area contributed by atoms with E-state index in [-0.39, 0.29) is 17.7 Å². The molecule has 0 aliphatic carbocycles. The van der Waals surface area contributed by atoms with Crippen molar-refractivity contribution in [2.75, 3.05) is 18.4 Å². The first-order chi connectivity index (χ1) is 15.0. The number of amides is 2. The lowest BCUT2D eigenvalue weighted by Gasteiger charge is -2.35. The van der Waals surface area contributed by atoms with E-state index in [1.807, 2.05) is 13.8 Å². The number of nitrogens with zero attached hydrogens (tertiary/aromatic N) is 4. The highest BCUT2D eigenvalue weighted by Gasteiger charge is 2.32. The maximum absolute atomic E-state index is 12.8. The van der Waals surface area contributed by atoms with Crippen LogP contribution in [0.3, 0.4) is 0 Å². The van der Waals surface area contributed by atoms with Crippen LogP contribution in [-0.2, 0) is 4.79 Å². The highest BCUT2D eigenvalue weighted by Crippen LogP contribution is 2.32. The summed E-state index contributed by atoms with van der Waals surface area (Å²) >= 11 is 0. The molecule has 0 unspecified atom stereocenters. The predicted octanol–water partition coefficient (Wildman–Crippen LogP) is 3.77. The van der Waals surface area contributed by atoms with Crippen LogP contribution in [0.2, 0.25) is 0 Å². The molecule has 0 atom stereocenters. The summed E-state index contributed by atoms with van der Waals surface area (Å²) in [6, 6.07) is 11.1. The third kappa shape index (κ3) is 4.08. The molecular formula is C23H23N5O3. The highest BCUT2D eigenvalue weighted by molar-refractivity contribution is 5.99. The summed E-state index contributed by atoms with van der Waals surface area (Å²) < 4.78 is 7.70. The van der Waals surface area contributed by atoms with Crippen molar-refractivity contribution in [3.8, 4) is 17.6 Å². The van der Waals surface area contributed by atoms with Gasteiger partial charge >= 0.3 is 0 Å². The van der Waals surface area contributed by atoms with Gasteiger partial charge in [-0.05, 0) is 43.2 Å². The van der Waals surface area contributed by atoms with E-state index in [2.05, 4.69) is 16.5 Å². The van der Waals surface area contributed by atoms with Crippen molar-refractivity contribution in [1.29, 1.82) is 5.26 Å². The van der Waals surface area contributed by atoms with Gasteiger partial charge in [0.1, 0.15) is 11.3 Å². The Morgan fingerprint density at radius 1 is 1.26 bits per heavy atom. The van der Waals surface area contributed by atoms with Gasteiger partial charge in [0, 0.05) is 37.5 Å². The number of aromatic nitrogens is 2. The van der Waals surface area contributed by atoms with Crippen LogP contribution in [0, 0.1) is 24.2 Å². The van der Waals surface area contributed by atoms with Crippen molar-refractivity contribution in [3.63, 3.8) is 0 Å². The molecule has 158 valence electrons. The number of nitrogens with one attached hydrogen (secondary N) is 1. The molecular weight excluding hydrogens is 394 g/mol. The van der Waals surface area contributed by atoms with Crippen molar-refractivity contribution in [3.05, 3.63) is 53.9 Å². The maximum atomic E-state index is 12.8. The molecule has 3 heterocycles. The molecule has 0 saturated carbocycles. The van der Waals surface area contributed by atoms with E-state index in [1.165, 1.54) is 0 Å². The molecule has 8 heteroatoms. The summed E-state index contributed by atoms with van der Waals surface area (Å²) in [6.07, 6.45) is 4.59. The Kier molecular flexibility index (Phi) is 5.58. The average Bonchev–Trinajstić information content (AvgIpc) is 3.06. The summed E-state index contributed by atoms with van der Waals surface area (Å²) in [5.74, 6) is 0.972. The smallest absolute Gasteiger partial charge is 0.255 e. The SMILES string of the molecule is CCCC(=O)Nc1ccc(Oc2ccnn3cc(C(=O)N4CC(C#N)C4)c(C)c23)cc1. The number of benzene rings is 1. The van der Waals surface area contributed by atoms with E-state index >= 15 is 0 Å².